The number of anilines is 1. The van der Waals surface area contributed by atoms with E-state index in [0.717, 1.165) is 0 Å². The van der Waals surface area contributed by atoms with Crippen LogP contribution in [0.5, 0.6) is 0 Å². The standard InChI is InChI=1S/C12H8ClN3O2S/c13-12-6-5-11(8-15-12)19(17,18)16-10-3-1-9(7-14)2-4-10/h1-6,8,16H. The number of rotatable bonds is 3. The summed E-state index contributed by atoms with van der Waals surface area (Å²) < 4.78 is 26.4. The lowest BCUT2D eigenvalue weighted by molar-refractivity contribution is 0.601. The molecule has 1 aromatic heterocycles. The van der Waals surface area contributed by atoms with Gasteiger partial charge in [0.25, 0.3) is 10.0 Å². The van der Waals surface area contributed by atoms with Crippen LogP contribution < -0.4 is 4.72 Å². The monoisotopic (exact) mass is 293 g/mol. The molecule has 1 heterocycles. The molecule has 0 unspecified atom stereocenters. The summed E-state index contributed by atoms with van der Waals surface area (Å²) in [5.41, 5.74) is 0.824. The summed E-state index contributed by atoms with van der Waals surface area (Å²) >= 11 is 5.60. The maximum Gasteiger partial charge on any atom is 0.263 e. The van der Waals surface area contributed by atoms with Crippen molar-refractivity contribution in [2.24, 2.45) is 0 Å². The molecule has 0 aliphatic carbocycles. The normalized spacial score (nSPS) is 10.7. The van der Waals surface area contributed by atoms with E-state index in [9.17, 15) is 8.42 Å². The molecule has 2 aromatic rings. The lowest BCUT2D eigenvalue weighted by atomic mass is 10.2. The Bertz CT molecular complexity index is 719. The smallest absolute Gasteiger partial charge is 0.263 e. The van der Waals surface area contributed by atoms with Crippen LogP contribution in [0.15, 0.2) is 47.5 Å². The van der Waals surface area contributed by atoms with Crippen molar-refractivity contribution in [3.63, 3.8) is 0 Å². The van der Waals surface area contributed by atoms with Gasteiger partial charge in [-0.3, -0.25) is 4.72 Å². The Balaban J connectivity index is 2.26. The van der Waals surface area contributed by atoms with E-state index in [0.29, 0.717) is 11.3 Å². The Morgan fingerprint density at radius 2 is 1.84 bits per heavy atom. The molecule has 19 heavy (non-hydrogen) atoms. The quantitative estimate of drug-likeness (QED) is 0.881. The Morgan fingerprint density at radius 3 is 2.37 bits per heavy atom. The van der Waals surface area contributed by atoms with E-state index < -0.39 is 10.0 Å². The molecular weight excluding hydrogens is 286 g/mol. The second-order valence-corrected chi connectivity index (χ2v) is 5.68. The van der Waals surface area contributed by atoms with E-state index in [2.05, 4.69) is 9.71 Å². The Labute approximate surface area is 115 Å². The molecule has 0 atom stereocenters. The van der Waals surface area contributed by atoms with E-state index >= 15 is 0 Å². The lowest BCUT2D eigenvalue weighted by Crippen LogP contribution is -2.13. The van der Waals surface area contributed by atoms with Crippen LogP contribution in [0.4, 0.5) is 5.69 Å². The van der Waals surface area contributed by atoms with Crippen LogP contribution in [-0.4, -0.2) is 13.4 Å². The van der Waals surface area contributed by atoms with Crippen molar-refractivity contribution >= 4 is 27.3 Å². The highest BCUT2D eigenvalue weighted by Gasteiger charge is 2.14. The van der Waals surface area contributed by atoms with Gasteiger partial charge in [-0.25, -0.2) is 13.4 Å². The van der Waals surface area contributed by atoms with Crippen LogP contribution >= 0.6 is 11.6 Å². The fourth-order valence-electron chi connectivity index (χ4n) is 1.35. The predicted molar refractivity (Wildman–Crippen MR) is 71.2 cm³/mol. The first-order valence-corrected chi connectivity index (χ1v) is 7.02. The van der Waals surface area contributed by atoms with Gasteiger partial charge in [-0.15, -0.1) is 0 Å². The first-order valence-electron chi connectivity index (χ1n) is 5.16. The molecule has 0 saturated carbocycles. The first kappa shape index (κ1) is 13.3. The summed E-state index contributed by atoms with van der Waals surface area (Å²) in [6, 6.07) is 10.8. The molecule has 1 aromatic carbocycles. The van der Waals surface area contributed by atoms with Crippen molar-refractivity contribution in [1.29, 1.82) is 5.26 Å². The van der Waals surface area contributed by atoms with Crippen molar-refractivity contribution in [3.05, 3.63) is 53.3 Å². The highest BCUT2D eigenvalue weighted by molar-refractivity contribution is 7.92. The molecule has 96 valence electrons. The highest BCUT2D eigenvalue weighted by Crippen LogP contribution is 2.16. The number of benzene rings is 1. The molecule has 0 aliphatic rings. The van der Waals surface area contributed by atoms with Crippen LogP contribution in [0.1, 0.15) is 5.56 Å². The summed E-state index contributed by atoms with van der Waals surface area (Å²) in [7, 11) is -3.70. The zero-order valence-electron chi connectivity index (χ0n) is 9.54. The van der Waals surface area contributed by atoms with Gasteiger partial charge < -0.3 is 0 Å². The minimum absolute atomic E-state index is 0.0151. The number of nitrogens with zero attached hydrogens (tertiary/aromatic N) is 2. The molecule has 0 fully saturated rings. The van der Waals surface area contributed by atoms with Crippen molar-refractivity contribution in [2.45, 2.75) is 4.90 Å². The maximum atomic E-state index is 12.0. The molecule has 0 spiro atoms. The molecule has 5 nitrogen and oxygen atoms in total. The molecular formula is C12H8ClN3O2S. The third-order valence-electron chi connectivity index (χ3n) is 2.28. The predicted octanol–water partition coefficient (Wildman–Crippen LogP) is 2.41. The summed E-state index contributed by atoms with van der Waals surface area (Å²) in [6.07, 6.45) is 1.17. The summed E-state index contributed by atoms with van der Waals surface area (Å²) in [5, 5.41) is 8.88. The topological polar surface area (TPSA) is 82.9 Å². The second kappa shape index (κ2) is 5.26. The number of sulfonamides is 1. The average Bonchev–Trinajstić information content (AvgIpc) is 2.40. The maximum absolute atomic E-state index is 12.0. The average molecular weight is 294 g/mol. The zero-order valence-corrected chi connectivity index (χ0v) is 11.1. The van der Waals surface area contributed by atoms with Gasteiger partial charge in [0.2, 0.25) is 0 Å². The van der Waals surface area contributed by atoms with Crippen LogP contribution in [-0.2, 0) is 10.0 Å². The van der Waals surface area contributed by atoms with Gasteiger partial charge in [0.15, 0.2) is 0 Å². The van der Waals surface area contributed by atoms with Gasteiger partial charge in [0, 0.05) is 11.9 Å². The van der Waals surface area contributed by atoms with E-state index in [-0.39, 0.29) is 10.0 Å². The van der Waals surface area contributed by atoms with Crippen molar-refractivity contribution < 1.29 is 8.42 Å². The number of hydrogen-bond donors (Lipinski definition) is 1. The number of aromatic nitrogens is 1. The van der Waals surface area contributed by atoms with Gasteiger partial charge in [0.05, 0.1) is 11.6 Å². The Kier molecular flexibility index (Phi) is 3.69. The van der Waals surface area contributed by atoms with E-state index in [1.807, 2.05) is 6.07 Å². The van der Waals surface area contributed by atoms with Gasteiger partial charge in [-0.1, -0.05) is 11.6 Å². The fraction of sp³-hybridized carbons (Fsp3) is 0. The molecule has 0 bridgehead atoms. The fourth-order valence-corrected chi connectivity index (χ4v) is 2.46. The van der Waals surface area contributed by atoms with Crippen molar-refractivity contribution in [3.8, 4) is 6.07 Å². The van der Waals surface area contributed by atoms with Gasteiger partial charge in [-0.05, 0) is 36.4 Å². The van der Waals surface area contributed by atoms with Crippen molar-refractivity contribution in [2.75, 3.05) is 4.72 Å². The first-order chi connectivity index (χ1) is 9.01. The molecule has 7 heteroatoms. The summed E-state index contributed by atoms with van der Waals surface area (Å²) in [4.78, 5) is 3.73. The SMILES string of the molecule is N#Cc1ccc(NS(=O)(=O)c2ccc(Cl)nc2)cc1. The van der Waals surface area contributed by atoms with E-state index in [1.54, 1.807) is 0 Å². The van der Waals surface area contributed by atoms with Gasteiger partial charge in [-0.2, -0.15) is 5.26 Å². The number of nitrogens with one attached hydrogen (secondary N) is 1. The molecule has 0 radical (unpaired) electrons. The largest absolute Gasteiger partial charge is 0.280 e. The number of halogens is 1. The minimum Gasteiger partial charge on any atom is -0.280 e. The third kappa shape index (κ3) is 3.22. The molecule has 2 rings (SSSR count). The Morgan fingerprint density at radius 1 is 1.16 bits per heavy atom. The zero-order chi connectivity index (χ0) is 13.9. The molecule has 0 saturated heterocycles. The van der Waals surface area contributed by atoms with Gasteiger partial charge in [0.1, 0.15) is 10.0 Å². The minimum atomic E-state index is -3.70. The third-order valence-corrected chi connectivity index (χ3v) is 3.87. The summed E-state index contributed by atoms with van der Waals surface area (Å²) in [5.74, 6) is 0. The lowest BCUT2D eigenvalue weighted by Gasteiger charge is -2.07. The highest BCUT2D eigenvalue weighted by atomic mass is 35.5. The van der Waals surface area contributed by atoms with Crippen LogP contribution in [0.2, 0.25) is 5.15 Å². The van der Waals surface area contributed by atoms with Crippen LogP contribution in [0.25, 0.3) is 0 Å². The molecule has 0 aliphatic heterocycles. The van der Waals surface area contributed by atoms with Crippen molar-refractivity contribution in [1.82, 2.24) is 4.98 Å². The van der Waals surface area contributed by atoms with Gasteiger partial charge >= 0.3 is 0 Å². The second-order valence-electron chi connectivity index (χ2n) is 3.61. The van der Waals surface area contributed by atoms with Crippen LogP contribution in [0.3, 0.4) is 0 Å². The van der Waals surface area contributed by atoms with Crippen LogP contribution in [0, 0.1) is 11.3 Å². The molecule has 0 amide bonds. The Hall–Kier alpha value is -2.10. The van der Waals surface area contributed by atoms with E-state index in [4.69, 9.17) is 16.9 Å². The number of hydrogen-bond acceptors (Lipinski definition) is 4. The molecule has 1 N–H and O–H groups in total. The number of pyridine rings is 1. The number of nitriles is 1. The van der Waals surface area contributed by atoms with E-state index in [1.165, 1.54) is 42.6 Å². The summed E-state index contributed by atoms with van der Waals surface area (Å²) in [6.45, 7) is 0.